The molecule has 11 heteroatoms. The summed E-state index contributed by atoms with van der Waals surface area (Å²) < 4.78 is 1.45. The molecule has 2 atom stereocenters. The Labute approximate surface area is 230 Å². The van der Waals surface area contributed by atoms with Gasteiger partial charge in [-0.15, -0.1) is 0 Å². The molecule has 4 rings (SSSR count). The van der Waals surface area contributed by atoms with Crippen molar-refractivity contribution < 1.29 is 9.59 Å². The number of urea groups is 1. The van der Waals surface area contributed by atoms with Crippen LogP contribution in [0.1, 0.15) is 46.1 Å². The Morgan fingerprint density at radius 2 is 1.77 bits per heavy atom. The molecule has 0 radical (unpaired) electrons. The summed E-state index contributed by atoms with van der Waals surface area (Å²) in [5, 5.41) is 2.71. The minimum atomic E-state index is -0.965. The van der Waals surface area contributed by atoms with E-state index in [2.05, 4.69) is 22.1 Å². The molecular formula is C28H42N8O3. The van der Waals surface area contributed by atoms with Crippen LogP contribution in [0.4, 0.5) is 10.6 Å². The van der Waals surface area contributed by atoms with E-state index >= 15 is 0 Å². The second-order valence-electron chi connectivity index (χ2n) is 11.5. The van der Waals surface area contributed by atoms with Crippen LogP contribution in [0.25, 0.3) is 5.69 Å². The van der Waals surface area contributed by atoms with E-state index < -0.39 is 11.2 Å². The molecule has 2 aromatic rings. The Morgan fingerprint density at radius 1 is 1.10 bits per heavy atom. The van der Waals surface area contributed by atoms with E-state index in [1.54, 1.807) is 35.9 Å². The number of hydrogen-bond acceptors (Lipinski definition) is 7. The number of rotatable bonds is 6. The molecule has 0 bridgehead atoms. The van der Waals surface area contributed by atoms with Crippen molar-refractivity contribution in [2.75, 3.05) is 38.0 Å². The van der Waals surface area contributed by atoms with Gasteiger partial charge in [0.1, 0.15) is 5.82 Å². The fraction of sp³-hybridized carbons (Fsp3) is 0.571. The highest BCUT2D eigenvalue weighted by Crippen LogP contribution is 2.21. The van der Waals surface area contributed by atoms with Gasteiger partial charge in [-0.05, 0) is 83.3 Å². The fourth-order valence-electron chi connectivity index (χ4n) is 5.33. The van der Waals surface area contributed by atoms with Crippen LogP contribution < -0.4 is 22.5 Å². The molecule has 3 heterocycles. The largest absolute Gasteiger partial charge is 0.354 e. The van der Waals surface area contributed by atoms with Crippen molar-refractivity contribution in [3.8, 4) is 5.69 Å². The maximum absolute atomic E-state index is 12.8. The summed E-state index contributed by atoms with van der Waals surface area (Å²) in [6.45, 7) is 11.4. The van der Waals surface area contributed by atoms with Crippen LogP contribution >= 0.6 is 0 Å². The van der Waals surface area contributed by atoms with E-state index in [-0.39, 0.29) is 29.8 Å². The second kappa shape index (κ2) is 11.8. The number of anilines is 1. The number of carbonyl (C=O) groups is 2. The third-order valence-electron chi connectivity index (χ3n) is 7.76. The Hall–Kier alpha value is -3.28. The number of benzene rings is 1. The van der Waals surface area contributed by atoms with Gasteiger partial charge in [0.2, 0.25) is 5.91 Å². The summed E-state index contributed by atoms with van der Waals surface area (Å²) in [4.78, 5) is 48.0. The average Bonchev–Trinajstić information content (AvgIpc) is 2.89. The van der Waals surface area contributed by atoms with E-state index in [1.165, 1.54) is 10.1 Å². The fourth-order valence-corrected chi connectivity index (χ4v) is 5.33. The number of amides is 3. The molecule has 212 valence electrons. The van der Waals surface area contributed by atoms with Gasteiger partial charge in [-0.3, -0.25) is 19.6 Å². The number of piperidine rings is 1. The van der Waals surface area contributed by atoms with Gasteiger partial charge in [-0.1, -0.05) is 12.1 Å². The molecule has 0 spiro atoms. The van der Waals surface area contributed by atoms with Crippen molar-refractivity contribution in [2.24, 2.45) is 17.4 Å². The third kappa shape index (κ3) is 7.03. The first kappa shape index (κ1) is 28.7. The highest BCUT2D eigenvalue weighted by atomic mass is 16.2. The van der Waals surface area contributed by atoms with E-state index in [0.29, 0.717) is 31.2 Å². The van der Waals surface area contributed by atoms with Crippen molar-refractivity contribution in [1.29, 1.82) is 0 Å². The highest BCUT2D eigenvalue weighted by molar-refractivity contribution is 5.89. The van der Waals surface area contributed by atoms with E-state index in [0.717, 1.165) is 32.5 Å². The van der Waals surface area contributed by atoms with Crippen molar-refractivity contribution in [1.82, 2.24) is 24.3 Å². The summed E-state index contributed by atoms with van der Waals surface area (Å²) in [7, 11) is 0. The zero-order valence-electron chi connectivity index (χ0n) is 23.5. The summed E-state index contributed by atoms with van der Waals surface area (Å²) in [6, 6.07) is 9.21. The minimum Gasteiger partial charge on any atom is -0.335 e. The Balaban J connectivity index is 1.32. The first-order valence-electron chi connectivity index (χ1n) is 13.7. The van der Waals surface area contributed by atoms with Gasteiger partial charge in [0.15, 0.2) is 0 Å². The summed E-state index contributed by atoms with van der Waals surface area (Å²) >= 11 is 0. The predicted molar refractivity (Wildman–Crippen MR) is 152 cm³/mol. The van der Waals surface area contributed by atoms with Crippen LogP contribution in [0, 0.1) is 5.92 Å². The maximum Gasteiger partial charge on any atom is 0.354 e. The van der Waals surface area contributed by atoms with Crippen LogP contribution in [-0.4, -0.2) is 86.5 Å². The lowest BCUT2D eigenvalue weighted by molar-refractivity contribution is -0.139. The Kier molecular flexibility index (Phi) is 8.73. The molecule has 2 aliphatic heterocycles. The van der Waals surface area contributed by atoms with Gasteiger partial charge >= 0.3 is 11.7 Å². The smallest absolute Gasteiger partial charge is 0.335 e. The quantitative estimate of drug-likeness (QED) is 0.507. The molecule has 0 aliphatic carbocycles. The number of nitrogens with two attached hydrogens (primary N) is 2. The lowest BCUT2D eigenvalue weighted by Crippen LogP contribution is -2.61. The molecule has 1 aromatic heterocycles. The molecule has 39 heavy (non-hydrogen) atoms. The summed E-state index contributed by atoms with van der Waals surface area (Å²) in [6.07, 6.45) is 3.86. The van der Waals surface area contributed by atoms with E-state index in [9.17, 15) is 14.4 Å². The first-order valence-corrected chi connectivity index (χ1v) is 13.7. The van der Waals surface area contributed by atoms with Crippen LogP contribution in [0.15, 0.2) is 41.3 Å². The standard InChI is InChI=1S/C28H42N8O3/c1-19-17-34(15-16-35(19)25(37)28(3,4)30)26(38)31-24-11-14-36(27(39)32-24)23-7-5-21(6-8-23)18-33-12-9-22(10-13-33)20(2)29/h5-8,11,14,19-20,22H,9-10,12-13,15-18,29-30H2,1-4H3,(H,31,32,38,39)/t19-,20?/m1/s1. The molecule has 0 saturated carbocycles. The topological polar surface area (TPSA) is 143 Å². The molecule has 2 saturated heterocycles. The van der Waals surface area contributed by atoms with Crippen molar-refractivity contribution in [2.45, 2.75) is 64.7 Å². The number of nitrogens with one attached hydrogen (secondary N) is 1. The summed E-state index contributed by atoms with van der Waals surface area (Å²) in [5.41, 5.74) is 12.5. The molecule has 2 aliphatic rings. The average molecular weight is 539 g/mol. The monoisotopic (exact) mass is 538 g/mol. The molecular weight excluding hydrogens is 496 g/mol. The van der Waals surface area contributed by atoms with Gasteiger partial charge in [-0.2, -0.15) is 4.98 Å². The maximum atomic E-state index is 12.8. The van der Waals surface area contributed by atoms with Gasteiger partial charge in [-0.25, -0.2) is 9.59 Å². The molecule has 2 fully saturated rings. The molecule has 3 amide bonds. The van der Waals surface area contributed by atoms with Gasteiger partial charge < -0.3 is 21.3 Å². The lowest BCUT2D eigenvalue weighted by atomic mass is 9.91. The zero-order chi connectivity index (χ0) is 28.3. The van der Waals surface area contributed by atoms with E-state index in [4.69, 9.17) is 11.5 Å². The number of likely N-dealkylation sites (tertiary alicyclic amines) is 1. The van der Waals surface area contributed by atoms with Gasteiger partial charge in [0.25, 0.3) is 0 Å². The van der Waals surface area contributed by atoms with Crippen LogP contribution in [0.3, 0.4) is 0 Å². The number of carbonyl (C=O) groups excluding carboxylic acids is 2. The minimum absolute atomic E-state index is 0.143. The molecule has 11 nitrogen and oxygen atoms in total. The van der Waals surface area contributed by atoms with Crippen LogP contribution in [-0.2, 0) is 11.3 Å². The SMILES string of the molecule is CC(N)C1CCN(Cc2ccc(-n3ccc(NC(=O)N4CCN(C(=O)C(C)(C)N)[C@H](C)C4)nc3=O)cc2)CC1. The van der Waals surface area contributed by atoms with Crippen LogP contribution in [0.2, 0.25) is 0 Å². The van der Waals surface area contributed by atoms with Gasteiger partial charge in [0.05, 0.1) is 11.2 Å². The Morgan fingerprint density at radius 3 is 2.33 bits per heavy atom. The highest BCUT2D eigenvalue weighted by Gasteiger charge is 2.35. The zero-order valence-corrected chi connectivity index (χ0v) is 23.5. The molecule has 1 unspecified atom stereocenters. The van der Waals surface area contributed by atoms with Crippen molar-refractivity contribution in [3.63, 3.8) is 0 Å². The second-order valence-corrected chi connectivity index (χ2v) is 11.5. The number of aromatic nitrogens is 2. The van der Waals surface area contributed by atoms with Crippen LogP contribution in [0.5, 0.6) is 0 Å². The number of nitrogens with zero attached hydrogens (tertiary/aromatic N) is 5. The predicted octanol–water partition coefficient (Wildman–Crippen LogP) is 1.59. The van der Waals surface area contributed by atoms with Gasteiger partial charge in [0, 0.05) is 44.5 Å². The Bertz CT molecular complexity index is 1210. The van der Waals surface area contributed by atoms with Crippen molar-refractivity contribution >= 4 is 17.8 Å². The third-order valence-corrected chi connectivity index (χ3v) is 7.76. The number of hydrogen-bond donors (Lipinski definition) is 3. The van der Waals surface area contributed by atoms with Crippen molar-refractivity contribution in [3.05, 3.63) is 52.6 Å². The van der Waals surface area contributed by atoms with E-state index in [1.807, 2.05) is 31.2 Å². The normalized spacial score (nSPS) is 20.1. The molecule has 1 aromatic carbocycles. The summed E-state index contributed by atoms with van der Waals surface area (Å²) in [5.74, 6) is 0.640. The lowest BCUT2D eigenvalue weighted by Gasteiger charge is -2.42. The number of piperazine rings is 1. The molecule has 5 N–H and O–H groups in total. The first-order chi connectivity index (χ1) is 18.4.